The zero-order valence-electron chi connectivity index (χ0n) is 10.8. The van der Waals surface area contributed by atoms with E-state index < -0.39 is 0 Å². The molecule has 90 valence electrons. The van der Waals surface area contributed by atoms with Gasteiger partial charge in [0.05, 0.1) is 0 Å². The average molecular weight is 234 g/mol. The second-order valence-corrected chi connectivity index (χ2v) is 4.27. The highest BCUT2D eigenvalue weighted by atomic mass is 14.1. The van der Waals surface area contributed by atoms with Crippen LogP contribution < -0.4 is 0 Å². The van der Waals surface area contributed by atoms with Crippen molar-refractivity contribution in [3.05, 3.63) is 72.3 Å². The van der Waals surface area contributed by atoms with E-state index in [2.05, 4.69) is 62.5 Å². The van der Waals surface area contributed by atoms with E-state index in [0.717, 1.165) is 12.0 Å². The van der Waals surface area contributed by atoms with Gasteiger partial charge in [0.1, 0.15) is 0 Å². The topological polar surface area (TPSA) is 0 Å². The Kier molecular flexibility index (Phi) is 3.78. The van der Waals surface area contributed by atoms with E-state index in [-0.39, 0.29) is 0 Å². The van der Waals surface area contributed by atoms with Gasteiger partial charge >= 0.3 is 0 Å². The molecule has 0 nitrogen and oxygen atoms in total. The Labute approximate surface area is 109 Å². The van der Waals surface area contributed by atoms with E-state index >= 15 is 0 Å². The minimum Gasteiger partial charge on any atom is -0.0985 e. The molecule has 0 fully saturated rings. The van der Waals surface area contributed by atoms with Crippen LogP contribution in [0.25, 0.3) is 23.3 Å². The number of rotatable bonds is 4. The van der Waals surface area contributed by atoms with Crippen LogP contribution in [0.4, 0.5) is 0 Å². The van der Waals surface area contributed by atoms with E-state index in [0.29, 0.717) is 0 Å². The fourth-order valence-electron chi connectivity index (χ4n) is 2.25. The molecule has 2 rings (SSSR count). The average Bonchev–Trinajstić information content (AvgIpc) is 2.46. The molecule has 0 amide bonds. The van der Waals surface area contributed by atoms with Gasteiger partial charge in [-0.3, -0.25) is 0 Å². The lowest BCUT2D eigenvalue weighted by Crippen LogP contribution is -1.90. The van der Waals surface area contributed by atoms with Crippen LogP contribution in [0.1, 0.15) is 23.6 Å². The number of hydrogen-bond donors (Lipinski definition) is 0. The summed E-state index contributed by atoms with van der Waals surface area (Å²) in [5.74, 6) is 0. The van der Waals surface area contributed by atoms with Crippen molar-refractivity contribution in [3.63, 3.8) is 0 Å². The lowest BCUT2D eigenvalue weighted by Gasteiger charge is -2.11. The molecule has 2 aromatic rings. The maximum absolute atomic E-state index is 3.95. The zero-order chi connectivity index (χ0) is 13.0. The third-order valence-electron chi connectivity index (χ3n) is 3.21. The van der Waals surface area contributed by atoms with Crippen molar-refractivity contribution < 1.29 is 0 Å². The predicted molar refractivity (Wildman–Crippen MR) is 81.4 cm³/mol. The summed E-state index contributed by atoms with van der Waals surface area (Å²) < 4.78 is 0. The first kappa shape index (κ1) is 12.4. The van der Waals surface area contributed by atoms with Crippen LogP contribution in [0, 0.1) is 0 Å². The number of aryl methyl sites for hydroxylation is 1. The molecule has 0 N–H and O–H groups in total. The Morgan fingerprint density at radius 2 is 1.78 bits per heavy atom. The van der Waals surface area contributed by atoms with E-state index in [9.17, 15) is 0 Å². The smallest absolute Gasteiger partial charge is 0.0109 e. The van der Waals surface area contributed by atoms with Gasteiger partial charge in [-0.1, -0.05) is 68.6 Å². The molecule has 0 unspecified atom stereocenters. The summed E-state index contributed by atoms with van der Waals surface area (Å²) in [4.78, 5) is 0. The van der Waals surface area contributed by atoms with Gasteiger partial charge < -0.3 is 0 Å². The summed E-state index contributed by atoms with van der Waals surface area (Å²) in [5.41, 5.74) is 6.18. The zero-order valence-corrected chi connectivity index (χ0v) is 10.8. The maximum Gasteiger partial charge on any atom is -0.0109 e. The molecule has 18 heavy (non-hydrogen) atoms. The molecular formula is C18H18. The first-order valence-corrected chi connectivity index (χ1v) is 6.27. The van der Waals surface area contributed by atoms with E-state index in [1.165, 1.54) is 22.3 Å². The fourth-order valence-corrected chi connectivity index (χ4v) is 2.25. The Balaban J connectivity index is 2.62. The van der Waals surface area contributed by atoms with Crippen molar-refractivity contribution in [3.8, 4) is 11.1 Å². The van der Waals surface area contributed by atoms with Gasteiger partial charge in [-0.2, -0.15) is 0 Å². The second-order valence-electron chi connectivity index (χ2n) is 4.27. The Morgan fingerprint density at radius 1 is 1.00 bits per heavy atom. The molecule has 0 aromatic heterocycles. The number of benzene rings is 2. The van der Waals surface area contributed by atoms with Gasteiger partial charge in [0.25, 0.3) is 0 Å². The van der Waals surface area contributed by atoms with E-state index in [4.69, 9.17) is 0 Å². The quantitative estimate of drug-likeness (QED) is 0.682. The van der Waals surface area contributed by atoms with Crippen LogP contribution >= 0.6 is 0 Å². The molecule has 0 aliphatic heterocycles. The van der Waals surface area contributed by atoms with Gasteiger partial charge in [0, 0.05) is 0 Å². The molecule has 0 bridgehead atoms. The van der Waals surface area contributed by atoms with Crippen LogP contribution in [0.2, 0.25) is 0 Å². The highest BCUT2D eigenvalue weighted by Crippen LogP contribution is 2.28. The van der Waals surface area contributed by atoms with E-state index in [1.54, 1.807) is 0 Å². The van der Waals surface area contributed by atoms with Crippen molar-refractivity contribution in [1.29, 1.82) is 0 Å². The van der Waals surface area contributed by atoms with Crippen molar-refractivity contribution in [1.82, 2.24) is 0 Å². The van der Waals surface area contributed by atoms with Gasteiger partial charge in [0.15, 0.2) is 0 Å². The second kappa shape index (κ2) is 5.50. The van der Waals surface area contributed by atoms with Gasteiger partial charge in [0.2, 0.25) is 0 Å². The van der Waals surface area contributed by atoms with Crippen molar-refractivity contribution in [2.24, 2.45) is 0 Å². The summed E-state index contributed by atoms with van der Waals surface area (Å²) in [6.45, 7) is 9.94. The minimum absolute atomic E-state index is 1.02. The van der Waals surface area contributed by atoms with Crippen LogP contribution in [-0.4, -0.2) is 0 Å². The summed E-state index contributed by atoms with van der Waals surface area (Å²) in [6, 6.07) is 14.9. The summed E-state index contributed by atoms with van der Waals surface area (Å²) in [5, 5.41) is 0. The molecular weight excluding hydrogens is 216 g/mol. The monoisotopic (exact) mass is 234 g/mol. The lowest BCUT2D eigenvalue weighted by atomic mass is 9.93. The molecule has 0 atom stereocenters. The molecule has 2 aromatic carbocycles. The summed E-state index contributed by atoms with van der Waals surface area (Å²) >= 11 is 0. The lowest BCUT2D eigenvalue weighted by molar-refractivity contribution is 1.13. The van der Waals surface area contributed by atoms with Crippen LogP contribution in [0.5, 0.6) is 0 Å². The molecule has 0 radical (unpaired) electrons. The third kappa shape index (κ3) is 2.28. The molecule has 0 aliphatic carbocycles. The Morgan fingerprint density at radius 3 is 2.44 bits per heavy atom. The normalized spacial score (nSPS) is 10.1. The predicted octanol–water partition coefficient (Wildman–Crippen LogP) is 5.20. The largest absolute Gasteiger partial charge is 0.0985 e. The highest BCUT2D eigenvalue weighted by molar-refractivity contribution is 5.78. The molecule has 0 saturated heterocycles. The van der Waals surface area contributed by atoms with Gasteiger partial charge in [-0.15, -0.1) is 0 Å². The summed E-state index contributed by atoms with van der Waals surface area (Å²) in [7, 11) is 0. The van der Waals surface area contributed by atoms with Crippen LogP contribution in [-0.2, 0) is 6.42 Å². The Hall–Kier alpha value is -2.08. The first-order valence-electron chi connectivity index (χ1n) is 6.27. The minimum atomic E-state index is 1.02. The van der Waals surface area contributed by atoms with Gasteiger partial charge in [-0.05, 0) is 40.3 Å². The SMILES string of the molecule is C=Cc1cccc(-c2cccc(CC)c2C=C)c1. The molecule has 0 heteroatoms. The van der Waals surface area contributed by atoms with E-state index in [1.807, 2.05) is 12.2 Å². The van der Waals surface area contributed by atoms with Crippen molar-refractivity contribution in [2.75, 3.05) is 0 Å². The standard InChI is InChI=1S/C18H18/c1-4-14-9-7-11-16(13-14)18-12-8-10-15(5-2)17(18)6-3/h4,6-13H,1,3,5H2,2H3. The Bertz CT molecular complexity index is 576. The third-order valence-corrected chi connectivity index (χ3v) is 3.21. The molecule has 0 heterocycles. The molecule has 0 saturated carbocycles. The van der Waals surface area contributed by atoms with Gasteiger partial charge in [-0.25, -0.2) is 0 Å². The molecule has 0 aliphatic rings. The van der Waals surface area contributed by atoms with Crippen molar-refractivity contribution >= 4 is 12.2 Å². The number of hydrogen-bond acceptors (Lipinski definition) is 0. The highest BCUT2D eigenvalue weighted by Gasteiger charge is 2.06. The fraction of sp³-hybridized carbons (Fsp3) is 0.111. The van der Waals surface area contributed by atoms with Crippen molar-refractivity contribution in [2.45, 2.75) is 13.3 Å². The maximum atomic E-state index is 3.95. The molecule has 0 spiro atoms. The van der Waals surface area contributed by atoms with Crippen LogP contribution in [0.15, 0.2) is 55.6 Å². The summed E-state index contributed by atoms with van der Waals surface area (Å²) in [6.07, 6.45) is 4.85. The van der Waals surface area contributed by atoms with Crippen LogP contribution in [0.3, 0.4) is 0 Å². The first-order chi connectivity index (χ1) is 8.80.